The van der Waals surface area contributed by atoms with Crippen molar-refractivity contribution in [2.24, 2.45) is 0 Å². The van der Waals surface area contributed by atoms with Crippen LogP contribution in [-0.4, -0.2) is 21.4 Å². The van der Waals surface area contributed by atoms with E-state index in [0.29, 0.717) is 31.0 Å². The van der Waals surface area contributed by atoms with Crippen molar-refractivity contribution in [1.82, 2.24) is 14.9 Å². The number of hydrogen-bond donors (Lipinski definition) is 1. The van der Waals surface area contributed by atoms with Crippen molar-refractivity contribution in [1.29, 1.82) is 5.26 Å². The second-order valence-electron chi connectivity index (χ2n) is 7.70. The smallest absolute Gasteiger partial charge is 0.255 e. The number of hydrogen-bond acceptors (Lipinski definition) is 4. The first-order chi connectivity index (χ1) is 13.5. The summed E-state index contributed by atoms with van der Waals surface area (Å²) >= 11 is 0. The summed E-state index contributed by atoms with van der Waals surface area (Å²) in [6, 6.07) is 3.83. The predicted molar refractivity (Wildman–Crippen MR) is 99.6 cm³/mol. The molecule has 0 bridgehead atoms. The Labute approximate surface area is 162 Å². The van der Waals surface area contributed by atoms with E-state index in [1.54, 1.807) is 6.07 Å². The van der Waals surface area contributed by atoms with Gasteiger partial charge in [0.05, 0.1) is 22.9 Å². The van der Waals surface area contributed by atoms with Gasteiger partial charge in [-0.25, -0.2) is 13.8 Å². The van der Waals surface area contributed by atoms with Crippen LogP contribution in [0, 0.1) is 23.0 Å². The molecule has 28 heavy (non-hydrogen) atoms. The standard InChI is InChI=1S/C21H22F2N4O/c22-17-8-13(10-24)9-18(23)15(17)11-27-7-6-19-16(12-27)21(28)26-20(25-19)14-4-2-1-3-5-14/h8-9,14H,1-7,11-12H2,(H,25,26,28). The summed E-state index contributed by atoms with van der Waals surface area (Å²) in [6.07, 6.45) is 6.28. The maximum atomic E-state index is 14.2. The molecule has 4 rings (SSSR count). The highest BCUT2D eigenvalue weighted by atomic mass is 19.1. The predicted octanol–water partition coefficient (Wildman–Crippen LogP) is 3.53. The molecule has 1 fully saturated rings. The van der Waals surface area contributed by atoms with E-state index >= 15 is 0 Å². The van der Waals surface area contributed by atoms with E-state index in [-0.39, 0.29) is 23.2 Å². The summed E-state index contributed by atoms with van der Waals surface area (Å²) in [5, 5.41) is 8.82. The summed E-state index contributed by atoms with van der Waals surface area (Å²) in [5.41, 5.74) is 1.13. The second kappa shape index (κ2) is 7.80. The maximum Gasteiger partial charge on any atom is 0.255 e. The molecule has 1 aliphatic heterocycles. The minimum Gasteiger partial charge on any atom is -0.310 e. The van der Waals surface area contributed by atoms with Gasteiger partial charge in [-0.05, 0) is 25.0 Å². The lowest BCUT2D eigenvalue weighted by Gasteiger charge is -2.29. The minimum absolute atomic E-state index is 0.0429. The number of benzene rings is 1. The topological polar surface area (TPSA) is 72.8 Å². The highest BCUT2D eigenvalue weighted by Crippen LogP contribution is 2.31. The van der Waals surface area contributed by atoms with Gasteiger partial charge < -0.3 is 4.98 Å². The SMILES string of the molecule is N#Cc1cc(F)c(CN2CCc3nc(C4CCCCC4)[nH]c(=O)c3C2)c(F)c1. The molecule has 1 N–H and O–H groups in total. The van der Waals surface area contributed by atoms with E-state index in [0.717, 1.165) is 36.5 Å². The Kier molecular flexibility index (Phi) is 5.23. The third kappa shape index (κ3) is 3.69. The van der Waals surface area contributed by atoms with Crippen LogP contribution in [0.1, 0.15) is 66.2 Å². The zero-order valence-corrected chi connectivity index (χ0v) is 15.6. The van der Waals surface area contributed by atoms with E-state index < -0.39 is 11.6 Å². The van der Waals surface area contributed by atoms with Gasteiger partial charge in [-0.3, -0.25) is 9.69 Å². The Morgan fingerprint density at radius 1 is 1.21 bits per heavy atom. The van der Waals surface area contributed by atoms with Gasteiger partial charge in [0.15, 0.2) is 0 Å². The molecule has 1 saturated carbocycles. The van der Waals surface area contributed by atoms with Crippen LogP contribution in [0.25, 0.3) is 0 Å². The molecule has 0 radical (unpaired) electrons. The summed E-state index contributed by atoms with van der Waals surface area (Å²) in [6.45, 7) is 0.931. The largest absolute Gasteiger partial charge is 0.310 e. The van der Waals surface area contributed by atoms with Gasteiger partial charge in [0.2, 0.25) is 0 Å². The number of nitrogens with zero attached hydrogens (tertiary/aromatic N) is 3. The van der Waals surface area contributed by atoms with Crippen LogP contribution in [0.15, 0.2) is 16.9 Å². The number of aromatic amines is 1. The number of halogens is 2. The van der Waals surface area contributed by atoms with Crippen molar-refractivity contribution >= 4 is 0 Å². The van der Waals surface area contributed by atoms with Crippen molar-refractivity contribution in [2.45, 2.75) is 57.5 Å². The van der Waals surface area contributed by atoms with Crippen LogP contribution in [0.5, 0.6) is 0 Å². The molecule has 1 aromatic carbocycles. The first-order valence-electron chi connectivity index (χ1n) is 9.77. The molecule has 0 saturated heterocycles. The van der Waals surface area contributed by atoms with Crippen molar-refractivity contribution < 1.29 is 8.78 Å². The summed E-state index contributed by atoms with van der Waals surface area (Å²) in [4.78, 5) is 22.2. The third-order valence-corrected chi connectivity index (χ3v) is 5.81. The highest BCUT2D eigenvalue weighted by molar-refractivity contribution is 5.34. The molecule has 0 spiro atoms. The molecule has 7 heteroatoms. The first-order valence-corrected chi connectivity index (χ1v) is 9.77. The Bertz CT molecular complexity index is 966. The Balaban J connectivity index is 1.54. The fourth-order valence-electron chi connectivity index (χ4n) is 4.25. The van der Waals surface area contributed by atoms with Crippen LogP contribution < -0.4 is 5.56 Å². The highest BCUT2D eigenvalue weighted by Gasteiger charge is 2.25. The molecule has 5 nitrogen and oxygen atoms in total. The lowest BCUT2D eigenvalue weighted by molar-refractivity contribution is 0.234. The van der Waals surface area contributed by atoms with Gasteiger partial charge in [-0.15, -0.1) is 0 Å². The Morgan fingerprint density at radius 2 is 1.93 bits per heavy atom. The van der Waals surface area contributed by atoms with Crippen LogP contribution >= 0.6 is 0 Å². The minimum atomic E-state index is -0.734. The van der Waals surface area contributed by atoms with E-state index in [4.69, 9.17) is 10.2 Å². The number of rotatable bonds is 3. The molecule has 1 aliphatic carbocycles. The molecule has 1 aromatic heterocycles. The maximum absolute atomic E-state index is 14.2. The molecular formula is C21H22F2N4O. The molecule has 0 amide bonds. The van der Waals surface area contributed by atoms with Gasteiger partial charge in [0.1, 0.15) is 17.5 Å². The summed E-state index contributed by atoms with van der Waals surface area (Å²) in [5.74, 6) is -0.350. The molecule has 0 unspecified atom stereocenters. The van der Waals surface area contributed by atoms with Crippen LogP contribution in [0.4, 0.5) is 8.78 Å². The van der Waals surface area contributed by atoms with Crippen LogP contribution in [0.3, 0.4) is 0 Å². The number of aromatic nitrogens is 2. The normalized spacial score (nSPS) is 17.9. The molecule has 0 atom stereocenters. The van der Waals surface area contributed by atoms with Crippen LogP contribution in [0.2, 0.25) is 0 Å². The van der Waals surface area contributed by atoms with E-state index in [9.17, 15) is 13.6 Å². The molecular weight excluding hydrogens is 362 g/mol. The average Bonchev–Trinajstić information content (AvgIpc) is 2.71. The summed E-state index contributed by atoms with van der Waals surface area (Å²) < 4.78 is 28.4. The number of nitriles is 1. The first kappa shape index (κ1) is 18.8. The Hall–Kier alpha value is -2.59. The van der Waals surface area contributed by atoms with Crippen molar-refractivity contribution in [3.63, 3.8) is 0 Å². The monoisotopic (exact) mass is 384 g/mol. The fourth-order valence-corrected chi connectivity index (χ4v) is 4.25. The number of nitrogens with one attached hydrogen (secondary N) is 1. The lowest BCUT2D eigenvalue weighted by atomic mass is 9.88. The quantitative estimate of drug-likeness (QED) is 0.879. The molecule has 146 valence electrons. The van der Waals surface area contributed by atoms with E-state index in [2.05, 4.69) is 4.98 Å². The number of H-pyrrole nitrogens is 1. The van der Waals surface area contributed by atoms with Gasteiger partial charge in [0.25, 0.3) is 5.56 Å². The average molecular weight is 384 g/mol. The third-order valence-electron chi connectivity index (χ3n) is 5.81. The second-order valence-corrected chi connectivity index (χ2v) is 7.70. The van der Waals surface area contributed by atoms with Gasteiger partial charge in [0, 0.05) is 37.5 Å². The Morgan fingerprint density at radius 3 is 2.61 bits per heavy atom. The van der Waals surface area contributed by atoms with Crippen molar-refractivity contribution in [2.75, 3.05) is 6.54 Å². The van der Waals surface area contributed by atoms with Gasteiger partial charge in [-0.1, -0.05) is 19.3 Å². The van der Waals surface area contributed by atoms with Crippen molar-refractivity contribution in [3.8, 4) is 6.07 Å². The lowest BCUT2D eigenvalue weighted by Crippen LogP contribution is -2.36. The van der Waals surface area contributed by atoms with Crippen molar-refractivity contribution in [3.05, 3.63) is 62.3 Å². The van der Waals surface area contributed by atoms with E-state index in [1.165, 1.54) is 19.3 Å². The fraction of sp³-hybridized carbons (Fsp3) is 0.476. The molecule has 2 heterocycles. The zero-order valence-electron chi connectivity index (χ0n) is 15.6. The van der Waals surface area contributed by atoms with Gasteiger partial charge >= 0.3 is 0 Å². The van der Waals surface area contributed by atoms with Gasteiger partial charge in [-0.2, -0.15) is 5.26 Å². The summed E-state index contributed by atoms with van der Waals surface area (Å²) in [7, 11) is 0. The van der Waals surface area contributed by atoms with E-state index in [1.807, 2.05) is 4.90 Å². The molecule has 2 aromatic rings. The molecule has 2 aliphatic rings. The van der Waals surface area contributed by atoms with Crippen LogP contribution in [-0.2, 0) is 19.5 Å². The number of fused-ring (bicyclic) bond motifs is 1. The zero-order chi connectivity index (χ0) is 19.7.